The van der Waals surface area contributed by atoms with E-state index in [1.165, 1.54) is 23.4 Å². The van der Waals surface area contributed by atoms with Crippen LogP contribution in [0.3, 0.4) is 0 Å². The molecule has 0 saturated heterocycles. The first-order valence-corrected chi connectivity index (χ1v) is 8.44. The van der Waals surface area contributed by atoms with Crippen molar-refractivity contribution >= 4 is 39.9 Å². The first-order chi connectivity index (χ1) is 13.1. The lowest BCUT2D eigenvalue weighted by Crippen LogP contribution is -2.20. The molecule has 1 aromatic carbocycles. The van der Waals surface area contributed by atoms with E-state index in [1.54, 1.807) is 12.3 Å². The molecule has 2 amide bonds. The minimum atomic E-state index is -0.419. The Balaban J connectivity index is 1.51. The number of nitrogens with zero attached hydrogens (tertiary/aromatic N) is 5. The highest BCUT2D eigenvalue weighted by Crippen LogP contribution is 2.24. The summed E-state index contributed by atoms with van der Waals surface area (Å²) in [6.45, 7) is 1.93. The molecular formula is C18H14ClN7O. The molecular weight excluding hydrogens is 366 g/mol. The number of carbonyl (C=O) groups is 1. The van der Waals surface area contributed by atoms with Crippen molar-refractivity contribution in [3.8, 4) is 5.82 Å². The van der Waals surface area contributed by atoms with Crippen LogP contribution < -0.4 is 10.6 Å². The van der Waals surface area contributed by atoms with Crippen LogP contribution in [0.2, 0.25) is 5.02 Å². The third-order valence-electron chi connectivity index (χ3n) is 3.98. The minimum Gasteiger partial charge on any atom is -0.306 e. The Labute approximate surface area is 159 Å². The van der Waals surface area contributed by atoms with Crippen LogP contribution in [-0.2, 0) is 0 Å². The van der Waals surface area contributed by atoms with Gasteiger partial charge < -0.3 is 10.6 Å². The van der Waals surface area contributed by atoms with E-state index in [1.807, 2.05) is 31.2 Å². The monoisotopic (exact) mass is 379 g/mol. The molecule has 4 aromatic rings. The number of anilines is 2. The molecule has 9 heteroatoms. The van der Waals surface area contributed by atoms with Crippen LogP contribution in [0.15, 0.2) is 55.1 Å². The zero-order valence-electron chi connectivity index (χ0n) is 14.2. The molecule has 0 aliphatic carbocycles. The number of hydrogen-bond acceptors (Lipinski definition) is 5. The van der Waals surface area contributed by atoms with E-state index in [4.69, 9.17) is 11.6 Å². The van der Waals surface area contributed by atoms with Gasteiger partial charge in [0, 0.05) is 5.39 Å². The number of carbonyl (C=O) groups excluding carboxylic acids is 1. The second kappa shape index (κ2) is 7.00. The number of aromatic nitrogens is 5. The van der Waals surface area contributed by atoms with Crippen LogP contribution in [0.1, 0.15) is 5.56 Å². The van der Waals surface area contributed by atoms with Gasteiger partial charge >= 0.3 is 6.03 Å². The molecule has 0 aliphatic heterocycles. The van der Waals surface area contributed by atoms with E-state index < -0.39 is 6.03 Å². The molecule has 3 aromatic heterocycles. The van der Waals surface area contributed by atoms with E-state index in [-0.39, 0.29) is 0 Å². The van der Waals surface area contributed by atoms with Crippen molar-refractivity contribution in [2.45, 2.75) is 6.92 Å². The Kier molecular flexibility index (Phi) is 4.39. The van der Waals surface area contributed by atoms with E-state index in [2.05, 4.69) is 30.8 Å². The SMILES string of the molecule is Cc1c(NC(=O)Nc2cnc(-n3nccn3)c(Cl)c2)cnc2ccccc12. The molecule has 0 spiro atoms. The first-order valence-electron chi connectivity index (χ1n) is 8.06. The van der Waals surface area contributed by atoms with Gasteiger partial charge in [0.2, 0.25) is 0 Å². The fourth-order valence-corrected chi connectivity index (χ4v) is 2.90. The number of rotatable bonds is 3. The largest absolute Gasteiger partial charge is 0.323 e. The first kappa shape index (κ1) is 16.9. The van der Waals surface area contributed by atoms with Crippen LogP contribution in [-0.4, -0.2) is 31.0 Å². The van der Waals surface area contributed by atoms with Gasteiger partial charge in [0.05, 0.1) is 46.7 Å². The van der Waals surface area contributed by atoms with Gasteiger partial charge in [-0.1, -0.05) is 29.8 Å². The van der Waals surface area contributed by atoms with Crippen LogP contribution in [0.25, 0.3) is 16.7 Å². The summed E-state index contributed by atoms with van der Waals surface area (Å²) in [4.78, 5) is 22.2. The van der Waals surface area contributed by atoms with Crippen molar-refractivity contribution in [3.05, 3.63) is 65.7 Å². The zero-order chi connectivity index (χ0) is 18.8. The predicted molar refractivity (Wildman–Crippen MR) is 103 cm³/mol. The normalized spacial score (nSPS) is 10.7. The summed E-state index contributed by atoms with van der Waals surface area (Å²) in [7, 11) is 0. The zero-order valence-corrected chi connectivity index (χ0v) is 15.0. The topological polar surface area (TPSA) is 97.6 Å². The number of fused-ring (bicyclic) bond motifs is 1. The molecule has 134 valence electrons. The number of benzene rings is 1. The molecule has 0 fully saturated rings. The number of amides is 2. The summed E-state index contributed by atoms with van der Waals surface area (Å²) in [5.74, 6) is 0.377. The Morgan fingerprint density at radius 2 is 1.85 bits per heavy atom. The molecule has 2 N–H and O–H groups in total. The van der Waals surface area contributed by atoms with Gasteiger partial charge in [-0.3, -0.25) is 4.98 Å². The lowest BCUT2D eigenvalue weighted by atomic mass is 10.1. The van der Waals surface area contributed by atoms with Gasteiger partial charge in [-0.15, -0.1) is 4.80 Å². The fraction of sp³-hybridized carbons (Fsp3) is 0.0556. The summed E-state index contributed by atoms with van der Waals surface area (Å²) in [5.41, 5.74) is 2.88. The summed E-state index contributed by atoms with van der Waals surface area (Å²) >= 11 is 6.21. The van der Waals surface area contributed by atoms with Crippen molar-refractivity contribution in [2.75, 3.05) is 10.6 Å². The van der Waals surface area contributed by atoms with Crippen LogP contribution in [0.4, 0.5) is 16.2 Å². The molecule has 0 aliphatic rings. The molecule has 8 nitrogen and oxygen atoms in total. The number of hydrogen-bond donors (Lipinski definition) is 2. The third kappa shape index (κ3) is 3.42. The number of halogens is 1. The Hall–Kier alpha value is -3.52. The van der Waals surface area contributed by atoms with Crippen LogP contribution in [0.5, 0.6) is 0 Å². The highest BCUT2D eigenvalue weighted by molar-refractivity contribution is 6.32. The third-order valence-corrected chi connectivity index (χ3v) is 4.26. The van der Waals surface area contributed by atoms with Gasteiger partial charge in [-0.05, 0) is 24.6 Å². The molecule has 0 saturated carbocycles. The fourth-order valence-electron chi connectivity index (χ4n) is 2.66. The highest BCUT2D eigenvalue weighted by atomic mass is 35.5. The Morgan fingerprint density at radius 1 is 1.07 bits per heavy atom. The van der Waals surface area contributed by atoms with Gasteiger partial charge in [-0.2, -0.15) is 10.2 Å². The molecule has 27 heavy (non-hydrogen) atoms. The number of urea groups is 1. The quantitative estimate of drug-likeness (QED) is 0.564. The second-order valence-corrected chi connectivity index (χ2v) is 6.15. The van der Waals surface area contributed by atoms with Crippen molar-refractivity contribution in [1.82, 2.24) is 25.0 Å². The lowest BCUT2D eigenvalue weighted by Gasteiger charge is -2.12. The summed E-state index contributed by atoms with van der Waals surface area (Å²) in [6.07, 6.45) is 6.17. The summed E-state index contributed by atoms with van der Waals surface area (Å²) in [6, 6.07) is 8.91. The Morgan fingerprint density at radius 3 is 2.63 bits per heavy atom. The van der Waals surface area contributed by atoms with Crippen molar-refractivity contribution in [3.63, 3.8) is 0 Å². The smallest absolute Gasteiger partial charge is 0.306 e. The van der Waals surface area contributed by atoms with Gasteiger partial charge in [0.15, 0.2) is 5.82 Å². The maximum atomic E-state index is 12.3. The molecule has 3 heterocycles. The van der Waals surface area contributed by atoms with Crippen LogP contribution >= 0.6 is 11.6 Å². The summed E-state index contributed by atoms with van der Waals surface area (Å²) in [5, 5.41) is 14.8. The van der Waals surface area contributed by atoms with E-state index in [9.17, 15) is 4.79 Å². The standard InChI is InChI=1S/C18H14ClN7O/c1-11-13-4-2-3-5-15(13)20-10-16(11)25-18(27)24-12-8-14(19)17(21-9-12)26-22-6-7-23-26/h2-10H,1H3,(H2,24,25,27). The van der Waals surface area contributed by atoms with Gasteiger partial charge in [0.25, 0.3) is 0 Å². The average molecular weight is 380 g/mol. The molecule has 4 rings (SSSR count). The van der Waals surface area contributed by atoms with Crippen molar-refractivity contribution < 1.29 is 4.79 Å². The van der Waals surface area contributed by atoms with Crippen molar-refractivity contribution in [1.29, 1.82) is 0 Å². The minimum absolute atomic E-state index is 0.313. The molecule has 0 atom stereocenters. The van der Waals surface area contributed by atoms with Crippen molar-refractivity contribution in [2.24, 2.45) is 0 Å². The molecule has 0 radical (unpaired) electrons. The number of aryl methyl sites for hydroxylation is 1. The highest BCUT2D eigenvalue weighted by Gasteiger charge is 2.11. The number of para-hydroxylation sites is 1. The summed E-state index contributed by atoms with van der Waals surface area (Å²) < 4.78 is 0. The van der Waals surface area contributed by atoms with Gasteiger partial charge in [0.1, 0.15) is 0 Å². The number of pyridine rings is 2. The van der Waals surface area contributed by atoms with Gasteiger partial charge in [-0.25, -0.2) is 9.78 Å². The average Bonchev–Trinajstić information content (AvgIpc) is 3.19. The maximum Gasteiger partial charge on any atom is 0.323 e. The Bertz CT molecular complexity index is 1130. The molecule has 0 bridgehead atoms. The van der Waals surface area contributed by atoms with Crippen LogP contribution in [0, 0.1) is 6.92 Å². The lowest BCUT2D eigenvalue weighted by molar-refractivity contribution is 0.262. The van der Waals surface area contributed by atoms with E-state index in [0.29, 0.717) is 22.2 Å². The number of nitrogens with one attached hydrogen (secondary N) is 2. The van der Waals surface area contributed by atoms with E-state index >= 15 is 0 Å². The maximum absolute atomic E-state index is 12.3. The second-order valence-electron chi connectivity index (χ2n) is 5.74. The predicted octanol–water partition coefficient (Wildman–Crippen LogP) is 3.82. The molecule has 0 unspecified atom stereocenters. The van der Waals surface area contributed by atoms with E-state index in [0.717, 1.165) is 16.5 Å².